The minimum atomic E-state index is 0.150. The quantitative estimate of drug-likeness (QED) is 0.808. The van der Waals surface area contributed by atoms with E-state index in [1.54, 1.807) is 0 Å². The zero-order chi connectivity index (χ0) is 15.7. The third-order valence-corrected chi connectivity index (χ3v) is 4.65. The topological polar surface area (TPSA) is 15.7 Å². The van der Waals surface area contributed by atoms with Crippen molar-refractivity contribution in [3.63, 3.8) is 0 Å². The van der Waals surface area contributed by atoms with Gasteiger partial charge in [-0.25, -0.2) is 0 Å². The fourth-order valence-electron chi connectivity index (χ4n) is 2.89. The third-order valence-electron chi connectivity index (χ3n) is 4.12. The molecule has 0 aliphatic carbocycles. The van der Waals surface area contributed by atoms with E-state index in [1.807, 2.05) is 0 Å². The summed E-state index contributed by atoms with van der Waals surface area (Å²) in [6.07, 6.45) is 1.14. The molecule has 1 unspecified atom stereocenters. The van der Waals surface area contributed by atoms with Crippen LogP contribution in [-0.4, -0.2) is 55.1 Å². The van der Waals surface area contributed by atoms with Gasteiger partial charge in [-0.2, -0.15) is 0 Å². The molecule has 0 bridgehead atoms. The van der Waals surface area contributed by atoms with Crippen LogP contribution < -0.4 is 4.74 Å². The molecule has 3 rings (SSSR count). The van der Waals surface area contributed by atoms with E-state index in [0.29, 0.717) is 0 Å². The summed E-state index contributed by atoms with van der Waals surface area (Å²) >= 11 is 5.66. The van der Waals surface area contributed by atoms with Crippen LogP contribution >= 0.6 is 12.2 Å². The molecular weight excluding hydrogens is 292 g/mol. The van der Waals surface area contributed by atoms with Crippen molar-refractivity contribution in [1.82, 2.24) is 9.80 Å². The van der Waals surface area contributed by atoms with E-state index in [4.69, 9.17) is 17.0 Å². The molecule has 2 aromatic rings. The highest BCUT2D eigenvalue weighted by Gasteiger charge is 2.25. The number of rotatable bonds is 3. The molecule has 1 aliphatic heterocycles. The molecule has 1 aliphatic rings. The first kappa shape index (κ1) is 15.3. The number of hydrogen-bond donors (Lipinski definition) is 0. The molecule has 4 heteroatoms. The molecule has 0 amide bonds. The van der Waals surface area contributed by atoms with Gasteiger partial charge in [0.1, 0.15) is 16.8 Å². The highest BCUT2D eigenvalue weighted by atomic mass is 32.1. The normalized spacial score (nSPS) is 18.3. The zero-order valence-electron chi connectivity index (χ0n) is 13.4. The van der Waals surface area contributed by atoms with Gasteiger partial charge >= 0.3 is 0 Å². The summed E-state index contributed by atoms with van der Waals surface area (Å²) in [6, 6.07) is 12.6. The van der Waals surface area contributed by atoms with E-state index in [2.05, 4.69) is 67.3 Å². The Morgan fingerprint density at radius 1 is 1.23 bits per heavy atom. The van der Waals surface area contributed by atoms with Gasteiger partial charge in [-0.15, -0.1) is 0 Å². The molecule has 3 nitrogen and oxygen atoms in total. The monoisotopic (exact) mass is 314 g/mol. The average Bonchev–Trinajstić information content (AvgIpc) is 2.63. The largest absolute Gasteiger partial charge is 0.487 e. The third kappa shape index (κ3) is 2.94. The second-order valence-corrected chi connectivity index (χ2v) is 6.57. The van der Waals surface area contributed by atoms with Crippen LogP contribution in [0.4, 0.5) is 0 Å². The highest BCUT2D eigenvalue weighted by molar-refractivity contribution is 7.80. The van der Waals surface area contributed by atoms with Gasteiger partial charge in [0.25, 0.3) is 0 Å². The van der Waals surface area contributed by atoms with Gasteiger partial charge < -0.3 is 14.5 Å². The molecule has 0 saturated heterocycles. The summed E-state index contributed by atoms with van der Waals surface area (Å²) in [6.45, 7) is 1.83. The molecule has 0 spiro atoms. The van der Waals surface area contributed by atoms with Gasteiger partial charge in [0, 0.05) is 19.0 Å². The summed E-state index contributed by atoms with van der Waals surface area (Å²) in [5.74, 6) is 0.941. The predicted molar refractivity (Wildman–Crippen MR) is 95.9 cm³/mol. The fourth-order valence-corrected chi connectivity index (χ4v) is 3.12. The van der Waals surface area contributed by atoms with Gasteiger partial charge in [-0.3, -0.25) is 0 Å². The van der Waals surface area contributed by atoms with E-state index in [9.17, 15) is 0 Å². The summed E-state index contributed by atoms with van der Waals surface area (Å²) in [7, 11) is 6.24. The predicted octanol–water partition coefficient (Wildman–Crippen LogP) is 3.16. The Kier molecular flexibility index (Phi) is 4.32. The molecule has 0 saturated carbocycles. The lowest BCUT2D eigenvalue weighted by atomic mass is 10.1. The Hall–Kier alpha value is -1.65. The molecule has 2 aromatic carbocycles. The first-order valence-corrected chi connectivity index (χ1v) is 8.05. The molecular formula is C18H22N2OS. The SMILES string of the molecule is CN(C)CCC1CN(C)C(=S)c2ccc3ccccc3c2O1. The van der Waals surface area contributed by atoms with E-state index in [1.165, 1.54) is 5.39 Å². The maximum Gasteiger partial charge on any atom is 0.137 e. The number of ether oxygens (including phenoxy) is 1. The number of hydrogen-bond acceptors (Lipinski definition) is 3. The zero-order valence-corrected chi connectivity index (χ0v) is 14.2. The number of nitrogens with zero attached hydrogens (tertiary/aromatic N) is 2. The number of fused-ring (bicyclic) bond motifs is 3. The van der Waals surface area contributed by atoms with E-state index in [0.717, 1.165) is 41.2 Å². The maximum atomic E-state index is 6.41. The fraction of sp³-hybridized carbons (Fsp3) is 0.389. The van der Waals surface area contributed by atoms with Crippen LogP contribution in [0.25, 0.3) is 10.8 Å². The average molecular weight is 314 g/mol. The molecule has 1 heterocycles. The minimum absolute atomic E-state index is 0.150. The Labute approximate surface area is 137 Å². The Bertz CT molecular complexity index is 699. The molecule has 0 fully saturated rings. The van der Waals surface area contributed by atoms with Crippen molar-refractivity contribution >= 4 is 28.0 Å². The maximum absolute atomic E-state index is 6.41. The van der Waals surface area contributed by atoms with Crippen LogP contribution in [0.15, 0.2) is 36.4 Å². The second-order valence-electron chi connectivity index (χ2n) is 6.18. The van der Waals surface area contributed by atoms with Crippen LogP contribution in [0.1, 0.15) is 12.0 Å². The van der Waals surface area contributed by atoms with Crippen LogP contribution in [0.3, 0.4) is 0 Å². The Balaban J connectivity index is 2.03. The van der Waals surface area contributed by atoms with Gasteiger partial charge in [-0.1, -0.05) is 42.5 Å². The summed E-state index contributed by atoms with van der Waals surface area (Å²) in [5, 5.41) is 2.34. The molecule has 1 atom stereocenters. The number of thiocarbonyl (C=S) groups is 1. The second kappa shape index (κ2) is 6.23. The van der Waals surface area contributed by atoms with Crippen molar-refractivity contribution in [2.75, 3.05) is 34.2 Å². The van der Waals surface area contributed by atoms with Crippen molar-refractivity contribution in [2.24, 2.45) is 0 Å². The van der Waals surface area contributed by atoms with Crippen molar-refractivity contribution in [1.29, 1.82) is 0 Å². The van der Waals surface area contributed by atoms with Gasteiger partial charge in [0.15, 0.2) is 0 Å². The van der Waals surface area contributed by atoms with E-state index < -0.39 is 0 Å². The summed E-state index contributed by atoms with van der Waals surface area (Å²) < 4.78 is 6.41. The van der Waals surface area contributed by atoms with Crippen molar-refractivity contribution in [2.45, 2.75) is 12.5 Å². The van der Waals surface area contributed by atoms with Crippen molar-refractivity contribution in [3.8, 4) is 5.75 Å². The van der Waals surface area contributed by atoms with Gasteiger partial charge in [0.05, 0.1) is 12.1 Å². The Morgan fingerprint density at radius 2 is 2.00 bits per heavy atom. The Morgan fingerprint density at radius 3 is 2.77 bits per heavy atom. The first-order chi connectivity index (χ1) is 10.6. The lowest BCUT2D eigenvalue weighted by Crippen LogP contribution is -2.35. The molecule has 116 valence electrons. The van der Waals surface area contributed by atoms with Crippen LogP contribution in [0.5, 0.6) is 5.75 Å². The van der Waals surface area contributed by atoms with Crippen molar-refractivity contribution in [3.05, 3.63) is 42.0 Å². The smallest absolute Gasteiger partial charge is 0.137 e. The van der Waals surface area contributed by atoms with Gasteiger partial charge in [0.2, 0.25) is 0 Å². The molecule has 0 aromatic heterocycles. The number of likely N-dealkylation sites (N-methyl/N-ethyl adjacent to an activating group) is 1. The lowest BCUT2D eigenvalue weighted by molar-refractivity contribution is 0.162. The first-order valence-electron chi connectivity index (χ1n) is 7.65. The number of benzene rings is 2. The summed E-state index contributed by atoms with van der Waals surface area (Å²) in [5.41, 5.74) is 1.03. The standard InChI is InChI=1S/C18H22N2OS/c1-19(2)11-10-14-12-20(3)18(22)16-9-8-13-6-4-5-7-15(13)17(16)21-14/h4-9,14H,10-12H2,1-3H3. The highest BCUT2D eigenvalue weighted by Crippen LogP contribution is 2.34. The van der Waals surface area contributed by atoms with E-state index in [-0.39, 0.29) is 6.10 Å². The van der Waals surface area contributed by atoms with Crippen LogP contribution in [0, 0.1) is 0 Å². The minimum Gasteiger partial charge on any atom is -0.487 e. The van der Waals surface area contributed by atoms with Crippen molar-refractivity contribution < 1.29 is 4.74 Å². The molecule has 22 heavy (non-hydrogen) atoms. The lowest BCUT2D eigenvalue weighted by Gasteiger charge is -2.23. The van der Waals surface area contributed by atoms with E-state index >= 15 is 0 Å². The molecule has 0 N–H and O–H groups in total. The summed E-state index contributed by atoms with van der Waals surface area (Å²) in [4.78, 5) is 5.19. The van der Waals surface area contributed by atoms with Gasteiger partial charge in [-0.05, 0) is 32.0 Å². The van der Waals surface area contributed by atoms with Crippen LogP contribution in [0.2, 0.25) is 0 Å². The molecule has 0 radical (unpaired) electrons. The van der Waals surface area contributed by atoms with Crippen LogP contribution in [-0.2, 0) is 0 Å².